The molecule has 1 aromatic rings. The molecule has 6 nitrogen and oxygen atoms in total. The number of nitrogens with one attached hydrogen (secondary N) is 1. The van der Waals surface area contributed by atoms with Gasteiger partial charge in [-0.25, -0.2) is 4.98 Å². The fourth-order valence-electron chi connectivity index (χ4n) is 2.44. The molecule has 0 radical (unpaired) electrons. The van der Waals surface area contributed by atoms with Crippen LogP contribution in [-0.4, -0.2) is 40.5 Å². The Kier molecular flexibility index (Phi) is 4.31. The Hall–Kier alpha value is -1.69. The fourth-order valence-corrected chi connectivity index (χ4v) is 2.44. The van der Waals surface area contributed by atoms with Crippen molar-refractivity contribution in [3.63, 3.8) is 0 Å². The van der Waals surface area contributed by atoms with Crippen LogP contribution in [0.5, 0.6) is 0 Å². The van der Waals surface area contributed by atoms with Crippen LogP contribution in [0.4, 0.5) is 11.5 Å². The van der Waals surface area contributed by atoms with Crippen LogP contribution in [0.1, 0.15) is 25.3 Å². The lowest BCUT2D eigenvalue weighted by Crippen LogP contribution is -2.33. The minimum atomic E-state index is -0.368. The number of aryl methyl sites for hydroxylation is 1. The SMILES string of the molecule is Cc1cnc(NC(C)CN2CCCC2)cc1[N+](=O)[O-]. The molecule has 1 aliphatic heterocycles. The molecule has 0 amide bonds. The van der Waals surface area contributed by atoms with Crippen molar-refractivity contribution >= 4 is 11.5 Å². The molecule has 1 aliphatic rings. The van der Waals surface area contributed by atoms with E-state index in [9.17, 15) is 10.1 Å². The predicted molar refractivity (Wildman–Crippen MR) is 74.4 cm³/mol. The van der Waals surface area contributed by atoms with Gasteiger partial charge in [0.2, 0.25) is 0 Å². The van der Waals surface area contributed by atoms with Crippen LogP contribution in [-0.2, 0) is 0 Å². The number of rotatable bonds is 5. The van der Waals surface area contributed by atoms with E-state index in [0.717, 1.165) is 19.6 Å². The molecule has 6 heteroatoms. The van der Waals surface area contributed by atoms with Crippen molar-refractivity contribution in [1.29, 1.82) is 0 Å². The van der Waals surface area contributed by atoms with Crippen LogP contribution in [0, 0.1) is 17.0 Å². The van der Waals surface area contributed by atoms with E-state index in [0.29, 0.717) is 11.4 Å². The number of nitro groups is 1. The number of pyridine rings is 1. The van der Waals surface area contributed by atoms with Gasteiger partial charge in [0, 0.05) is 24.3 Å². The minimum Gasteiger partial charge on any atom is -0.366 e. The first-order chi connectivity index (χ1) is 9.06. The van der Waals surface area contributed by atoms with Crippen LogP contribution in [0.15, 0.2) is 12.3 Å². The summed E-state index contributed by atoms with van der Waals surface area (Å²) < 4.78 is 0. The average Bonchev–Trinajstić information content (AvgIpc) is 2.84. The van der Waals surface area contributed by atoms with Crippen molar-refractivity contribution in [2.24, 2.45) is 0 Å². The number of hydrogen-bond acceptors (Lipinski definition) is 5. The number of nitrogens with zero attached hydrogens (tertiary/aromatic N) is 3. The summed E-state index contributed by atoms with van der Waals surface area (Å²) in [5.41, 5.74) is 0.702. The Morgan fingerprint density at radius 3 is 2.84 bits per heavy atom. The lowest BCUT2D eigenvalue weighted by Gasteiger charge is -2.21. The molecule has 1 atom stereocenters. The molecule has 1 aromatic heterocycles. The van der Waals surface area contributed by atoms with E-state index in [2.05, 4.69) is 22.1 Å². The van der Waals surface area contributed by atoms with Crippen LogP contribution < -0.4 is 5.32 Å². The van der Waals surface area contributed by atoms with Gasteiger partial charge < -0.3 is 10.2 Å². The van der Waals surface area contributed by atoms with E-state index in [1.54, 1.807) is 13.1 Å². The first-order valence-corrected chi connectivity index (χ1v) is 6.66. The second kappa shape index (κ2) is 5.97. The molecule has 1 unspecified atom stereocenters. The van der Waals surface area contributed by atoms with Gasteiger partial charge in [0.25, 0.3) is 5.69 Å². The maximum Gasteiger partial charge on any atom is 0.277 e. The Morgan fingerprint density at radius 2 is 2.21 bits per heavy atom. The van der Waals surface area contributed by atoms with Crippen molar-refractivity contribution in [1.82, 2.24) is 9.88 Å². The summed E-state index contributed by atoms with van der Waals surface area (Å²) in [6.07, 6.45) is 4.07. The van der Waals surface area contributed by atoms with Gasteiger partial charge in [-0.15, -0.1) is 0 Å². The summed E-state index contributed by atoms with van der Waals surface area (Å²) >= 11 is 0. The molecule has 0 aromatic carbocycles. The minimum absolute atomic E-state index is 0.117. The number of anilines is 1. The standard InChI is InChI=1S/C13H20N4O2/c1-10-8-14-13(7-12(10)17(18)19)15-11(2)9-16-5-3-4-6-16/h7-8,11H,3-6,9H2,1-2H3,(H,14,15). The van der Waals surface area contributed by atoms with E-state index in [1.165, 1.54) is 18.9 Å². The molecule has 0 saturated carbocycles. The second-order valence-corrected chi connectivity index (χ2v) is 5.17. The lowest BCUT2D eigenvalue weighted by molar-refractivity contribution is -0.385. The van der Waals surface area contributed by atoms with Crippen molar-refractivity contribution < 1.29 is 4.92 Å². The Labute approximate surface area is 113 Å². The van der Waals surface area contributed by atoms with Crippen LogP contribution in [0.3, 0.4) is 0 Å². The van der Waals surface area contributed by atoms with Gasteiger partial charge in [0.15, 0.2) is 0 Å². The lowest BCUT2D eigenvalue weighted by atomic mass is 10.2. The second-order valence-electron chi connectivity index (χ2n) is 5.17. The summed E-state index contributed by atoms with van der Waals surface area (Å²) in [7, 11) is 0. The highest BCUT2D eigenvalue weighted by Crippen LogP contribution is 2.20. The fraction of sp³-hybridized carbons (Fsp3) is 0.615. The molecule has 104 valence electrons. The molecule has 0 aliphatic carbocycles. The molecule has 2 heterocycles. The molecule has 0 bridgehead atoms. The maximum absolute atomic E-state index is 10.9. The molecule has 0 spiro atoms. The molecule has 19 heavy (non-hydrogen) atoms. The molecule has 1 saturated heterocycles. The maximum atomic E-state index is 10.9. The topological polar surface area (TPSA) is 71.3 Å². The van der Waals surface area contributed by atoms with Crippen LogP contribution in [0.2, 0.25) is 0 Å². The van der Waals surface area contributed by atoms with Gasteiger partial charge >= 0.3 is 0 Å². The summed E-state index contributed by atoms with van der Waals surface area (Å²) in [5, 5.41) is 14.1. The highest BCUT2D eigenvalue weighted by atomic mass is 16.6. The van der Waals surface area contributed by atoms with Crippen molar-refractivity contribution in [2.45, 2.75) is 32.7 Å². The zero-order valence-electron chi connectivity index (χ0n) is 11.4. The van der Waals surface area contributed by atoms with Gasteiger partial charge in [-0.2, -0.15) is 0 Å². The molecule has 2 rings (SSSR count). The van der Waals surface area contributed by atoms with E-state index in [-0.39, 0.29) is 16.7 Å². The van der Waals surface area contributed by atoms with Gasteiger partial charge in [-0.3, -0.25) is 10.1 Å². The van der Waals surface area contributed by atoms with E-state index >= 15 is 0 Å². The van der Waals surface area contributed by atoms with E-state index < -0.39 is 0 Å². The molecular weight excluding hydrogens is 244 g/mol. The Morgan fingerprint density at radius 1 is 1.53 bits per heavy atom. The quantitative estimate of drug-likeness (QED) is 0.652. The number of aromatic nitrogens is 1. The summed E-state index contributed by atoms with van der Waals surface area (Å²) in [6, 6.07) is 1.74. The molecular formula is C13H20N4O2. The zero-order chi connectivity index (χ0) is 13.8. The third kappa shape index (κ3) is 3.64. The summed E-state index contributed by atoms with van der Waals surface area (Å²) in [5.74, 6) is 0.573. The van der Waals surface area contributed by atoms with Gasteiger partial charge in [-0.05, 0) is 39.8 Å². The first kappa shape index (κ1) is 13.7. The van der Waals surface area contributed by atoms with E-state index in [1.807, 2.05) is 0 Å². The van der Waals surface area contributed by atoms with Crippen LogP contribution in [0.25, 0.3) is 0 Å². The van der Waals surface area contributed by atoms with Gasteiger partial charge in [0.1, 0.15) is 5.82 Å². The Balaban J connectivity index is 1.98. The van der Waals surface area contributed by atoms with Crippen molar-refractivity contribution in [3.8, 4) is 0 Å². The number of hydrogen-bond donors (Lipinski definition) is 1. The number of likely N-dealkylation sites (tertiary alicyclic amines) is 1. The normalized spacial score (nSPS) is 17.4. The predicted octanol–water partition coefficient (Wildman–Crippen LogP) is 2.19. The monoisotopic (exact) mass is 264 g/mol. The summed E-state index contributed by atoms with van der Waals surface area (Å²) in [4.78, 5) is 17.1. The highest BCUT2D eigenvalue weighted by molar-refractivity contribution is 5.49. The van der Waals surface area contributed by atoms with Crippen molar-refractivity contribution in [3.05, 3.63) is 27.9 Å². The van der Waals surface area contributed by atoms with Crippen molar-refractivity contribution in [2.75, 3.05) is 25.0 Å². The summed E-state index contributed by atoms with van der Waals surface area (Å²) in [6.45, 7) is 7.01. The van der Waals surface area contributed by atoms with Gasteiger partial charge in [-0.1, -0.05) is 0 Å². The first-order valence-electron chi connectivity index (χ1n) is 6.66. The average molecular weight is 264 g/mol. The zero-order valence-corrected chi connectivity index (χ0v) is 11.4. The Bertz CT molecular complexity index is 458. The highest BCUT2D eigenvalue weighted by Gasteiger charge is 2.16. The van der Waals surface area contributed by atoms with E-state index in [4.69, 9.17) is 0 Å². The smallest absolute Gasteiger partial charge is 0.277 e. The molecule has 1 fully saturated rings. The van der Waals surface area contributed by atoms with Crippen LogP contribution >= 0.6 is 0 Å². The third-order valence-corrected chi connectivity index (χ3v) is 3.40. The largest absolute Gasteiger partial charge is 0.366 e. The van der Waals surface area contributed by atoms with Gasteiger partial charge in [0.05, 0.1) is 11.0 Å². The third-order valence-electron chi connectivity index (χ3n) is 3.40. The molecule has 1 N–H and O–H groups in total.